The highest BCUT2D eigenvalue weighted by molar-refractivity contribution is 6.05. The van der Waals surface area contributed by atoms with E-state index in [2.05, 4.69) is 16.3 Å². The summed E-state index contributed by atoms with van der Waals surface area (Å²) in [4.78, 5) is 15.0. The number of methoxy groups -OCH3 is 1. The molecule has 1 fully saturated rings. The van der Waals surface area contributed by atoms with Crippen molar-refractivity contribution in [1.82, 2.24) is 4.90 Å². The molecule has 1 aliphatic rings. The van der Waals surface area contributed by atoms with Crippen LogP contribution in [0.5, 0.6) is 5.75 Å². The molecule has 5 nitrogen and oxygen atoms in total. The lowest BCUT2D eigenvalue weighted by Gasteiger charge is -2.26. The average molecular weight is 340 g/mol. The molecule has 0 bridgehead atoms. The van der Waals surface area contributed by atoms with E-state index in [0.29, 0.717) is 17.0 Å². The highest BCUT2D eigenvalue weighted by Crippen LogP contribution is 2.25. The molecule has 1 amide bonds. The third-order valence-corrected chi connectivity index (χ3v) is 4.30. The molecule has 0 atom stereocenters. The topological polar surface area (TPSA) is 50.8 Å². The van der Waals surface area contributed by atoms with E-state index in [-0.39, 0.29) is 5.91 Å². The van der Waals surface area contributed by atoms with Gasteiger partial charge in [-0.05, 0) is 42.3 Å². The van der Waals surface area contributed by atoms with Crippen LogP contribution in [-0.2, 0) is 11.3 Å². The summed E-state index contributed by atoms with van der Waals surface area (Å²) in [6.07, 6.45) is 0. The summed E-state index contributed by atoms with van der Waals surface area (Å²) in [5, 5.41) is 2.95. The van der Waals surface area contributed by atoms with Gasteiger partial charge in [-0.3, -0.25) is 9.69 Å². The van der Waals surface area contributed by atoms with Crippen LogP contribution in [0.15, 0.2) is 42.5 Å². The highest BCUT2D eigenvalue weighted by atomic mass is 16.5. The Morgan fingerprint density at radius 1 is 1.20 bits per heavy atom. The van der Waals surface area contributed by atoms with Crippen LogP contribution in [0.2, 0.25) is 0 Å². The number of nitrogens with zero attached hydrogens (tertiary/aromatic N) is 1. The van der Waals surface area contributed by atoms with Crippen molar-refractivity contribution in [2.75, 3.05) is 38.7 Å². The van der Waals surface area contributed by atoms with Crippen molar-refractivity contribution >= 4 is 11.6 Å². The number of aryl methyl sites for hydroxylation is 1. The minimum absolute atomic E-state index is 0.132. The molecule has 1 heterocycles. The van der Waals surface area contributed by atoms with Crippen LogP contribution >= 0.6 is 0 Å². The number of amides is 1. The summed E-state index contributed by atoms with van der Waals surface area (Å²) < 4.78 is 10.7. The summed E-state index contributed by atoms with van der Waals surface area (Å²) in [5.74, 6) is 0.524. The number of anilines is 1. The zero-order valence-corrected chi connectivity index (χ0v) is 14.7. The molecular weight excluding hydrogens is 316 g/mol. The van der Waals surface area contributed by atoms with Gasteiger partial charge in [0.15, 0.2) is 0 Å². The lowest BCUT2D eigenvalue weighted by Crippen LogP contribution is -2.35. The zero-order chi connectivity index (χ0) is 17.6. The van der Waals surface area contributed by atoms with E-state index in [0.717, 1.165) is 44.0 Å². The minimum atomic E-state index is -0.132. The van der Waals surface area contributed by atoms with Crippen LogP contribution in [-0.4, -0.2) is 44.2 Å². The molecule has 1 aliphatic heterocycles. The van der Waals surface area contributed by atoms with E-state index in [1.807, 2.05) is 43.3 Å². The van der Waals surface area contributed by atoms with Crippen LogP contribution in [0, 0.1) is 6.92 Å². The first-order valence-corrected chi connectivity index (χ1v) is 8.51. The molecule has 3 rings (SSSR count). The monoisotopic (exact) mass is 340 g/mol. The Kier molecular flexibility index (Phi) is 5.68. The van der Waals surface area contributed by atoms with Crippen molar-refractivity contribution < 1.29 is 14.3 Å². The molecule has 2 aromatic carbocycles. The number of benzene rings is 2. The predicted octanol–water partition coefficient (Wildman–Crippen LogP) is 3.09. The zero-order valence-electron chi connectivity index (χ0n) is 14.7. The van der Waals surface area contributed by atoms with Gasteiger partial charge >= 0.3 is 0 Å². The van der Waals surface area contributed by atoms with Gasteiger partial charge in [-0.25, -0.2) is 0 Å². The van der Waals surface area contributed by atoms with Crippen molar-refractivity contribution in [3.63, 3.8) is 0 Å². The van der Waals surface area contributed by atoms with E-state index < -0.39 is 0 Å². The van der Waals surface area contributed by atoms with Crippen molar-refractivity contribution in [2.24, 2.45) is 0 Å². The maximum Gasteiger partial charge on any atom is 0.255 e. The Labute approximate surface area is 148 Å². The Morgan fingerprint density at radius 3 is 2.76 bits per heavy atom. The molecule has 0 saturated carbocycles. The van der Waals surface area contributed by atoms with Crippen molar-refractivity contribution in [1.29, 1.82) is 0 Å². The second kappa shape index (κ2) is 8.14. The Bertz CT molecular complexity index is 739. The van der Waals surface area contributed by atoms with E-state index in [1.54, 1.807) is 7.11 Å². The number of carbonyl (C=O) groups is 1. The third-order valence-electron chi connectivity index (χ3n) is 4.30. The molecule has 25 heavy (non-hydrogen) atoms. The Morgan fingerprint density at radius 2 is 2.00 bits per heavy atom. The fourth-order valence-corrected chi connectivity index (χ4v) is 2.94. The quantitative estimate of drug-likeness (QED) is 0.909. The van der Waals surface area contributed by atoms with Gasteiger partial charge in [0.05, 0.1) is 26.0 Å². The van der Waals surface area contributed by atoms with Gasteiger partial charge in [0.25, 0.3) is 5.91 Å². The van der Waals surface area contributed by atoms with Crippen molar-refractivity contribution in [2.45, 2.75) is 13.5 Å². The first kappa shape index (κ1) is 17.5. The number of rotatable bonds is 5. The Balaban J connectivity index is 1.72. The van der Waals surface area contributed by atoms with Crippen LogP contribution in [0.4, 0.5) is 5.69 Å². The maximum absolute atomic E-state index is 12.6. The molecule has 5 heteroatoms. The summed E-state index contributed by atoms with van der Waals surface area (Å²) in [5.41, 5.74) is 3.53. The molecule has 132 valence electrons. The van der Waals surface area contributed by atoms with Crippen molar-refractivity contribution in [3.05, 3.63) is 59.2 Å². The fourth-order valence-electron chi connectivity index (χ4n) is 2.94. The smallest absolute Gasteiger partial charge is 0.255 e. The van der Waals surface area contributed by atoms with Crippen molar-refractivity contribution in [3.8, 4) is 5.75 Å². The van der Waals surface area contributed by atoms with Gasteiger partial charge in [-0.1, -0.05) is 18.2 Å². The van der Waals surface area contributed by atoms with E-state index in [4.69, 9.17) is 9.47 Å². The summed E-state index contributed by atoms with van der Waals surface area (Å²) in [7, 11) is 1.60. The molecule has 0 aliphatic carbocycles. The number of hydrogen-bond acceptors (Lipinski definition) is 4. The largest absolute Gasteiger partial charge is 0.495 e. The minimum Gasteiger partial charge on any atom is -0.495 e. The number of ether oxygens (including phenoxy) is 2. The van der Waals surface area contributed by atoms with Gasteiger partial charge in [0.2, 0.25) is 0 Å². The first-order valence-electron chi connectivity index (χ1n) is 8.51. The van der Waals surface area contributed by atoms with E-state index in [1.165, 1.54) is 0 Å². The number of carbonyl (C=O) groups excluding carboxylic acids is 1. The van der Waals surface area contributed by atoms with Gasteiger partial charge in [0.1, 0.15) is 5.75 Å². The molecular formula is C20H24N2O3. The van der Waals surface area contributed by atoms with Gasteiger partial charge in [0, 0.05) is 25.2 Å². The maximum atomic E-state index is 12.6. The molecule has 0 unspecified atom stereocenters. The van der Waals surface area contributed by atoms with Gasteiger partial charge < -0.3 is 14.8 Å². The van der Waals surface area contributed by atoms with Gasteiger partial charge in [-0.15, -0.1) is 0 Å². The van der Waals surface area contributed by atoms with Crippen LogP contribution in [0.1, 0.15) is 21.5 Å². The van der Waals surface area contributed by atoms with Crippen LogP contribution in [0.25, 0.3) is 0 Å². The predicted molar refractivity (Wildman–Crippen MR) is 98.2 cm³/mol. The third kappa shape index (κ3) is 4.59. The second-order valence-corrected chi connectivity index (χ2v) is 6.25. The molecule has 1 N–H and O–H groups in total. The highest BCUT2D eigenvalue weighted by Gasteiger charge is 2.13. The van der Waals surface area contributed by atoms with E-state index >= 15 is 0 Å². The number of morpholine rings is 1. The molecule has 1 saturated heterocycles. The Hall–Kier alpha value is -2.37. The standard InChI is InChI=1S/C20H24N2O3/c1-15-6-7-19(24-2)18(12-15)21-20(23)17-5-3-4-16(13-17)14-22-8-10-25-11-9-22/h3-7,12-13H,8-11,14H2,1-2H3,(H,21,23). The van der Waals surface area contributed by atoms with Crippen LogP contribution in [0.3, 0.4) is 0 Å². The second-order valence-electron chi connectivity index (χ2n) is 6.25. The first-order chi connectivity index (χ1) is 12.2. The summed E-state index contributed by atoms with van der Waals surface area (Å²) in [6, 6.07) is 13.5. The molecule has 0 radical (unpaired) electrons. The van der Waals surface area contributed by atoms with Crippen LogP contribution < -0.4 is 10.1 Å². The molecule has 2 aromatic rings. The number of nitrogens with one attached hydrogen (secondary N) is 1. The summed E-state index contributed by atoms with van der Waals surface area (Å²) >= 11 is 0. The average Bonchev–Trinajstić information content (AvgIpc) is 2.63. The fraction of sp³-hybridized carbons (Fsp3) is 0.350. The van der Waals surface area contributed by atoms with E-state index in [9.17, 15) is 4.79 Å². The SMILES string of the molecule is COc1ccc(C)cc1NC(=O)c1cccc(CN2CCOCC2)c1. The molecule has 0 spiro atoms. The lowest BCUT2D eigenvalue weighted by atomic mass is 10.1. The van der Waals surface area contributed by atoms with Gasteiger partial charge in [-0.2, -0.15) is 0 Å². The normalized spacial score (nSPS) is 15.0. The lowest BCUT2D eigenvalue weighted by molar-refractivity contribution is 0.0342. The number of hydrogen-bond donors (Lipinski definition) is 1. The molecule has 0 aromatic heterocycles. The summed E-state index contributed by atoms with van der Waals surface area (Å²) in [6.45, 7) is 6.21.